The van der Waals surface area contributed by atoms with Gasteiger partial charge in [-0.25, -0.2) is 0 Å². The summed E-state index contributed by atoms with van der Waals surface area (Å²) in [6.07, 6.45) is 8.48. The van der Waals surface area contributed by atoms with Crippen molar-refractivity contribution in [1.82, 2.24) is 19.7 Å². The van der Waals surface area contributed by atoms with Crippen molar-refractivity contribution in [1.29, 1.82) is 0 Å². The molecule has 1 aromatic carbocycles. The number of fused-ring (bicyclic) bond motifs is 1. The van der Waals surface area contributed by atoms with Gasteiger partial charge in [0.15, 0.2) is 16.8 Å². The molecule has 7 heteroatoms. The van der Waals surface area contributed by atoms with Gasteiger partial charge < -0.3 is 4.42 Å². The summed E-state index contributed by atoms with van der Waals surface area (Å²) < 4.78 is 7.49. The van der Waals surface area contributed by atoms with Gasteiger partial charge in [-0.2, -0.15) is 0 Å². The number of aryl methyl sites for hydroxylation is 2. The Morgan fingerprint density at radius 1 is 1.10 bits per heavy atom. The Hall–Kier alpha value is -3.19. The van der Waals surface area contributed by atoms with Crippen LogP contribution in [0.3, 0.4) is 0 Å². The molecule has 0 atom stereocenters. The summed E-state index contributed by atoms with van der Waals surface area (Å²) in [4.78, 5) is 17.0. The topological polar surface area (TPSA) is 73.8 Å². The SMILES string of the molecule is O=C(CSc1nnc(-c2cccnc2)n1Cc1ccco1)c1ccc2c(c1)CCC2. The number of pyridine rings is 1. The van der Waals surface area contributed by atoms with E-state index in [0.717, 1.165) is 29.7 Å². The van der Waals surface area contributed by atoms with E-state index in [1.807, 2.05) is 34.9 Å². The first-order chi connectivity index (χ1) is 14.8. The van der Waals surface area contributed by atoms with E-state index in [4.69, 9.17) is 4.42 Å². The second kappa shape index (κ2) is 8.28. The van der Waals surface area contributed by atoms with Crippen LogP contribution in [0.4, 0.5) is 0 Å². The number of carbonyl (C=O) groups excluding carboxylic acids is 1. The highest BCUT2D eigenvalue weighted by Crippen LogP contribution is 2.27. The molecule has 0 aliphatic heterocycles. The third kappa shape index (κ3) is 3.80. The molecule has 3 aromatic heterocycles. The summed E-state index contributed by atoms with van der Waals surface area (Å²) in [7, 11) is 0. The zero-order chi connectivity index (χ0) is 20.3. The zero-order valence-corrected chi connectivity index (χ0v) is 17.1. The van der Waals surface area contributed by atoms with Gasteiger partial charge in [-0.05, 0) is 60.7 Å². The van der Waals surface area contributed by atoms with Gasteiger partial charge in [-0.15, -0.1) is 10.2 Å². The Kier molecular flexibility index (Phi) is 5.19. The van der Waals surface area contributed by atoms with Crippen molar-refractivity contribution in [2.45, 2.75) is 31.0 Å². The van der Waals surface area contributed by atoms with Crippen LogP contribution in [0.5, 0.6) is 0 Å². The molecule has 0 saturated carbocycles. The number of aromatic nitrogens is 4. The Morgan fingerprint density at radius 2 is 2.03 bits per heavy atom. The standard InChI is InChI=1S/C23H20N4O2S/c28-21(18-9-8-16-4-1-5-17(16)12-18)15-30-23-26-25-22(19-6-2-10-24-13-19)27(23)14-20-7-3-11-29-20/h2-3,6-13H,1,4-5,14-15H2. The maximum Gasteiger partial charge on any atom is 0.192 e. The highest BCUT2D eigenvalue weighted by atomic mass is 32.2. The zero-order valence-electron chi connectivity index (χ0n) is 16.3. The van der Waals surface area contributed by atoms with E-state index in [2.05, 4.69) is 27.3 Å². The van der Waals surface area contributed by atoms with Crippen LogP contribution in [0.25, 0.3) is 11.4 Å². The lowest BCUT2D eigenvalue weighted by molar-refractivity contribution is 0.102. The van der Waals surface area contributed by atoms with Crippen LogP contribution < -0.4 is 0 Å². The molecule has 4 aromatic rings. The fourth-order valence-corrected chi connectivity index (χ4v) is 4.60. The number of ketones is 1. The van der Waals surface area contributed by atoms with Crippen molar-refractivity contribution in [2.24, 2.45) is 0 Å². The van der Waals surface area contributed by atoms with E-state index in [1.165, 1.54) is 29.3 Å². The molecule has 0 unspecified atom stereocenters. The number of benzene rings is 1. The quantitative estimate of drug-likeness (QED) is 0.327. The van der Waals surface area contributed by atoms with Crippen molar-refractivity contribution in [3.05, 3.63) is 83.6 Å². The van der Waals surface area contributed by atoms with Gasteiger partial charge in [0.1, 0.15) is 5.76 Å². The van der Waals surface area contributed by atoms with Crippen molar-refractivity contribution < 1.29 is 9.21 Å². The molecule has 1 aliphatic rings. The second-order valence-corrected chi connectivity index (χ2v) is 8.20. The molecule has 0 N–H and O–H groups in total. The largest absolute Gasteiger partial charge is 0.467 e. The summed E-state index contributed by atoms with van der Waals surface area (Å²) in [5.74, 6) is 1.91. The number of furan rings is 1. The van der Waals surface area contributed by atoms with Crippen LogP contribution in [0.1, 0.15) is 33.7 Å². The third-order valence-corrected chi connectivity index (χ3v) is 6.25. The molecule has 150 valence electrons. The number of rotatable bonds is 7. The first-order valence-electron chi connectivity index (χ1n) is 9.92. The Bertz CT molecular complexity index is 1170. The first-order valence-corrected chi connectivity index (χ1v) is 10.9. The van der Waals surface area contributed by atoms with E-state index in [1.54, 1.807) is 18.7 Å². The average molecular weight is 417 g/mol. The molecule has 0 amide bonds. The minimum Gasteiger partial charge on any atom is -0.467 e. The minimum absolute atomic E-state index is 0.102. The first kappa shape index (κ1) is 18.8. The number of carbonyl (C=O) groups is 1. The maximum absolute atomic E-state index is 12.8. The van der Waals surface area contributed by atoms with Crippen LogP contribution in [0.2, 0.25) is 0 Å². The predicted octanol–water partition coefficient (Wildman–Crippen LogP) is 4.45. The molecule has 0 fully saturated rings. The summed E-state index contributed by atoms with van der Waals surface area (Å²) in [6.45, 7) is 0.486. The Labute approximate surface area is 178 Å². The molecule has 0 radical (unpaired) electrons. The molecule has 30 heavy (non-hydrogen) atoms. The molecule has 0 bridgehead atoms. The number of hydrogen-bond donors (Lipinski definition) is 0. The third-order valence-electron chi connectivity index (χ3n) is 5.28. The van der Waals surface area contributed by atoms with Gasteiger partial charge in [0, 0.05) is 23.5 Å². The molecule has 5 rings (SSSR count). The summed E-state index contributed by atoms with van der Waals surface area (Å²) in [5.41, 5.74) is 4.32. The molecule has 1 aliphatic carbocycles. The van der Waals surface area contributed by atoms with Crippen molar-refractivity contribution >= 4 is 17.5 Å². The van der Waals surface area contributed by atoms with Gasteiger partial charge in [-0.3, -0.25) is 14.3 Å². The Morgan fingerprint density at radius 3 is 2.87 bits per heavy atom. The Balaban J connectivity index is 1.38. The average Bonchev–Trinajstić information content (AvgIpc) is 3.54. The van der Waals surface area contributed by atoms with Crippen molar-refractivity contribution in [2.75, 3.05) is 5.75 Å². The lowest BCUT2D eigenvalue weighted by atomic mass is 10.0. The van der Waals surface area contributed by atoms with Crippen LogP contribution in [-0.2, 0) is 19.4 Å². The van der Waals surface area contributed by atoms with Crippen molar-refractivity contribution in [3.63, 3.8) is 0 Å². The van der Waals surface area contributed by atoms with E-state index in [9.17, 15) is 4.79 Å². The van der Waals surface area contributed by atoms with Gasteiger partial charge in [0.2, 0.25) is 0 Å². The smallest absolute Gasteiger partial charge is 0.192 e. The molecule has 0 saturated heterocycles. The maximum atomic E-state index is 12.8. The highest BCUT2D eigenvalue weighted by molar-refractivity contribution is 7.99. The van der Waals surface area contributed by atoms with Crippen molar-refractivity contribution in [3.8, 4) is 11.4 Å². The summed E-state index contributed by atoms with van der Waals surface area (Å²) in [5, 5.41) is 9.40. The molecule has 3 heterocycles. The molecule has 0 spiro atoms. The fraction of sp³-hybridized carbons (Fsp3) is 0.217. The summed E-state index contributed by atoms with van der Waals surface area (Å²) in [6, 6.07) is 13.7. The van der Waals surface area contributed by atoms with E-state index < -0.39 is 0 Å². The monoisotopic (exact) mass is 416 g/mol. The van der Waals surface area contributed by atoms with E-state index in [0.29, 0.717) is 23.3 Å². The number of hydrogen-bond acceptors (Lipinski definition) is 6. The number of thioether (sulfide) groups is 1. The second-order valence-electron chi connectivity index (χ2n) is 7.26. The van der Waals surface area contributed by atoms with Crippen LogP contribution in [-0.4, -0.2) is 31.3 Å². The fourth-order valence-electron chi connectivity index (χ4n) is 3.76. The van der Waals surface area contributed by atoms with Crippen LogP contribution in [0.15, 0.2) is 70.7 Å². The van der Waals surface area contributed by atoms with Gasteiger partial charge in [0.25, 0.3) is 0 Å². The van der Waals surface area contributed by atoms with Gasteiger partial charge >= 0.3 is 0 Å². The van der Waals surface area contributed by atoms with Crippen LogP contribution >= 0.6 is 11.8 Å². The molecular formula is C23H20N4O2S. The molecular weight excluding hydrogens is 396 g/mol. The van der Waals surface area contributed by atoms with Gasteiger partial charge in [-0.1, -0.05) is 23.9 Å². The lowest BCUT2D eigenvalue weighted by Crippen LogP contribution is -2.07. The minimum atomic E-state index is 0.102. The van der Waals surface area contributed by atoms with E-state index >= 15 is 0 Å². The van der Waals surface area contributed by atoms with E-state index in [-0.39, 0.29) is 5.78 Å². The normalized spacial score (nSPS) is 12.8. The highest BCUT2D eigenvalue weighted by Gasteiger charge is 2.19. The van der Waals surface area contributed by atoms with Gasteiger partial charge in [0.05, 0.1) is 18.6 Å². The predicted molar refractivity (Wildman–Crippen MR) is 115 cm³/mol. The number of Topliss-reactive ketones (excluding diaryl/α,β-unsaturated/α-hetero) is 1. The van der Waals surface area contributed by atoms with Crippen LogP contribution in [0, 0.1) is 0 Å². The molecule has 6 nitrogen and oxygen atoms in total. The summed E-state index contributed by atoms with van der Waals surface area (Å²) >= 11 is 1.40. The number of nitrogens with zero attached hydrogens (tertiary/aromatic N) is 4. The lowest BCUT2D eigenvalue weighted by Gasteiger charge is -2.09.